The fourth-order valence-corrected chi connectivity index (χ4v) is 3.70. The van der Waals surface area contributed by atoms with Gasteiger partial charge in [-0.15, -0.1) is 0 Å². The number of hydrogen-bond donors (Lipinski definition) is 0. The van der Waals surface area contributed by atoms with Crippen LogP contribution in [0.5, 0.6) is 5.75 Å². The first-order valence-electron chi connectivity index (χ1n) is 6.91. The fraction of sp³-hybridized carbons (Fsp3) is 0.235. The lowest BCUT2D eigenvalue weighted by Gasteiger charge is -2.14. The maximum atomic E-state index is 13.0. The Hall–Kier alpha value is -2.39. The highest BCUT2D eigenvalue weighted by Crippen LogP contribution is 2.27. The van der Waals surface area contributed by atoms with Gasteiger partial charge in [0.25, 0.3) is 0 Å². The van der Waals surface area contributed by atoms with Crippen LogP contribution in [0.15, 0.2) is 42.5 Å². The molecule has 0 aliphatic rings. The van der Waals surface area contributed by atoms with E-state index in [2.05, 4.69) is 0 Å². The Bertz CT molecular complexity index is 839. The van der Waals surface area contributed by atoms with Crippen LogP contribution in [0.4, 0.5) is 4.39 Å². The minimum atomic E-state index is -3.50. The van der Waals surface area contributed by atoms with Crippen molar-refractivity contribution in [1.29, 1.82) is 5.26 Å². The van der Waals surface area contributed by atoms with Crippen LogP contribution >= 0.6 is 0 Å². The number of rotatable bonds is 5. The molecule has 0 saturated carbocycles. The van der Waals surface area contributed by atoms with Crippen LogP contribution in [0.1, 0.15) is 28.9 Å². The Morgan fingerprint density at radius 2 is 1.87 bits per heavy atom. The largest absolute Gasteiger partial charge is 0.495 e. The molecule has 0 bridgehead atoms. The quantitative estimate of drug-likeness (QED) is 0.841. The molecule has 2 aromatic rings. The van der Waals surface area contributed by atoms with Gasteiger partial charge >= 0.3 is 0 Å². The van der Waals surface area contributed by atoms with E-state index in [4.69, 9.17) is 10.00 Å². The molecule has 2 rings (SSSR count). The second-order valence-corrected chi connectivity index (χ2v) is 7.47. The van der Waals surface area contributed by atoms with E-state index in [9.17, 15) is 12.8 Å². The van der Waals surface area contributed by atoms with Gasteiger partial charge in [-0.3, -0.25) is 0 Å². The van der Waals surface area contributed by atoms with Crippen molar-refractivity contribution in [2.24, 2.45) is 0 Å². The van der Waals surface area contributed by atoms with E-state index in [-0.39, 0.29) is 11.3 Å². The molecule has 1 unspecified atom stereocenters. The highest BCUT2D eigenvalue weighted by Gasteiger charge is 2.23. The summed E-state index contributed by atoms with van der Waals surface area (Å²) in [7, 11) is -2.05. The van der Waals surface area contributed by atoms with Gasteiger partial charge < -0.3 is 4.74 Å². The van der Waals surface area contributed by atoms with Gasteiger partial charge in [0.1, 0.15) is 17.6 Å². The van der Waals surface area contributed by atoms with E-state index in [1.807, 2.05) is 6.07 Å². The molecule has 120 valence electrons. The zero-order valence-electron chi connectivity index (χ0n) is 12.8. The number of halogens is 1. The van der Waals surface area contributed by atoms with Crippen molar-refractivity contribution in [3.8, 4) is 11.8 Å². The predicted molar refractivity (Wildman–Crippen MR) is 85.1 cm³/mol. The Kier molecular flexibility index (Phi) is 5.02. The number of sulfone groups is 1. The molecule has 0 heterocycles. The maximum Gasteiger partial charge on any atom is 0.161 e. The lowest BCUT2D eigenvalue weighted by atomic mass is 10.1. The molecule has 0 aliphatic carbocycles. The Morgan fingerprint density at radius 3 is 2.43 bits per heavy atom. The van der Waals surface area contributed by atoms with E-state index in [0.717, 1.165) is 0 Å². The molecular formula is C17H16FNO3S. The first kappa shape index (κ1) is 17.0. The molecule has 4 nitrogen and oxygen atoms in total. The standard InChI is InChI=1S/C17H16FNO3S/c1-12(14-4-6-16(18)7-5-14)23(20,21)11-13-3-8-17(22-2)15(9-13)10-19/h3-9,12H,11H2,1-2H3. The summed E-state index contributed by atoms with van der Waals surface area (Å²) >= 11 is 0. The van der Waals surface area contributed by atoms with Crippen LogP contribution in [0.2, 0.25) is 0 Å². The summed E-state index contributed by atoms with van der Waals surface area (Å²) in [6, 6.07) is 12.1. The van der Waals surface area contributed by atoms with Crippen LogP contribution in [-0.4, -0.2) is 15.5 Å². The van der Waals surface area contributed by atoms with Crippen molar-refractivity contribution in [2.45, 2.75) is 17.9 Å². The molecule has 6 heteroatoms. The third-order valence-electron chi connectivity index (χ3n) is 3.63. The van der Waals surface area contributed by atoms with Crippen LogP contribution < -0.4 is 4.74 Å². The van der Waals surface area contributed by atoms with Gasteiger partial charge in [-0.1, -0.05) is 18.2 Å². The van der Waals surface area contributed by atoms with Gasteiger partial charge in [0.05, 0.1) is 23.7 Å². The molecule has 0 spiro atoms. The van der Waals surface area contributed by atoms with Gasteiger partial charge in [-0.05, 0) is 42.3 Å². The monoisotopic (exact) mass is 333 g/mol. The second-order valence-electron chi connectivity index (χ2n) is 5.15. The highest BCUT2D eigenvalue weighted by atomic mass is 32.2. The average Bonchev–Trinajstić information content (AvgIpc) is 2.54. The molecule has 0 amide bonds. The maximum absolute atomic E-state index is 13.0. The van der Waals surface area contributed by atoms with Gasteiger partial charge in [0.15, 0.2) is 9.84 Å². The molecule has 0 saturated heterocycles. The van der Waals surface area contributed by atoms with Gasteiger partial charge in [0.2, 0.25) is 0 Å². The Morgan fingerprint density at radius 1 is 1.22 bits per heavy atom. The molecule has 0 fully saturated rings. The van der Waals surface area contributed by atoms with Crippen molar-refractivity contribution < 1.29 is 17.5 Å². The third-order valence-corrected chi connectivity index (χ3v) is 5.72. The molecule has 23 heavy (non-hydrogen) atoms. The van der Waals surface area contributed by atoms with Crippen LogP contribution in [0, 0.1) is 17.1 Å². The fourth-order valence-electron chi connectivity index (χ4n) is 2.23. The summed E-state index contributed by atoms with van der Waals surface area (Å²) < 4.78 is 43.1. The lowest BCUT2D eigenvalue weighted by molar-refractivity contribution is 0.413. The number of nitrogens with zero attached hydrogens (tertiary/aromatic N) is 1. The first-order valence-corrected chi connectivity index (χ1v) is 8.63. The van der Waals surface area contributed by atoms with Gasteiger partial charge in [-0.2, -0.15) is 5.26 Å². The molecule has 1 atom stereocenters. The van der Waals surface area contributed by atoms with E-state index in [1.54, 1.807) is 19.1 Å². The van der Waals surface area contributed by atoms with Gasteiger partial charge in [0, 0.05) is 0 Å². The number of hydrogen-bond acceptors (Lipinski definition) is 4. The second kappa shape index (κ2) is 6.80. The van der Waals surface area contributed by atoms with Crippen molar-refractivity contribution in [1.82, 2.24) is 0 Å². The Labute approximate surface area is 135 Å². The van der Waals surface area contributed by atoms with Crippen LogP contribution in [-0.2, 0) is 15.6 Å². The first-order chi connectivity index (χ1) is 10.9. The van der Waals surface area contributed by atoms with E-state index < -0.39 is 20.9 Å². The summed E-state index contributed by atoms with van der Waals surface area (Å²) in [5, 5.41) is 8.30. The highest BCUT2D eigenvalue weighted by molar-refractivity contribution is 7.90. The minimum absolute atomic E-state index is 0.204. The summed E-state index contributed by atoms with van der Waals surface area (Å²) in [5.74, 6) is -0.211. The molecule has 0 N–H and O–H groups in total. The minimum Gasteiger partial charge on any atom is -0.495 e. The van der Waals surface area contributed by atoms with Crippen LogP contribution in [0.3, 0.4) is 0 Å². The number of nitriles is 1. The smallest absolute Gasteiger partial charge is 0.161 e. The number of ether oxygens (including phenoxy) is 1. The summed E-state index contributed by atoms with van der Waals surface area (Å²) in [4.78, 5) is 0. The van der Waals surface area contributed by atoms with E-state index in [0.29, 0.717) is 16.9 Å². The normalized spacial score (nSPS) is 12.4. The average molecular weight is 333 g/mol. The van der Waals surface area contributed by atoms with E-state index >= 15 is 0 Å². The summed E-state index contributed by atoms with van der Waals surface area (Å²) in [5.41, 5.74) is 1.33. The van der Waals surface area contributed by atoms with Crippen molar-refractivity contribution in [3.63, 3.8) is 0 Å². The molecule has 0 radical (unpaired) electrons. The summed E-state index contributed by atoms with van der Waals surface area (Å²) in [6.07, 6.45) is 0. The molecule has 0 aromatic heterocycles. The van der Waals surface area contributed by atoms with Crippen molar-refractivity contribution >= 4 is 9.84 Å². The molecular weight excluding hydrogens is 317 g/mol. The zero-order valence-corrected chi connectivity index (χ0v) is 13.6. The van der Waals surface area contributed by atoms with Gasteiger partial charge in [-0.25, -0.2) is 12.8 Å². The van der Waals surface area contributed by atoms with Crippen LogP contribution in [0.25, 0.3) is 0 Å². The summed E-state index contributed by atoms with van der Waals surface area (Å²) in [6.45, 7) is 1.57. The van der Waals surface area contributed by atoms with Crippen molar-refractivity contribution in [2.75, 3.05) is 7.11 Å². The number of methoxy groups -OCH3 is 1. The third kappa shape index (κ3) is 3.88. The molecule has 2 aromatic carbocycles. The molecule has 0 aliphatic heterocycles. The number of benzene rings is 2. The predicted octanol–water partition coefficient (Wildman–Crippen LogP) is 3.38. The Balaban J connectivity index is 2.27. The van der Waals surface area contributed by atoms with E-state index in [1.165, 1.54) is 37.4 Å². The lowest BCUT2D eigenvalue weighted by Crippen LogP contribution is -2.13. The zero-order chi connectivity index (χ0) is 17.0. The SMILES string of the molecule is COc1ccc(CS(=O)(=O)C(C)c2ccc(F)cc2)cc1C#N. The topological polar surface area (TPSA) is 67.2 Å². The van der Waals surface area contributed by atoms with Crippen molar-refractivity contribution in [3.05, 3.63) is 65.0 Å².